The van der Waals surface area contributed by atoms with Gasteiger partial charge in [-0.1, -0.05) is 42.5 Å². The molecule has 2 aromatic rings. The molecule has 4 amide bonds. The van der Waals surface area contributed by atoms with E-state index in [-0.39, 0.29) is 31.8 Å². The molecule has 1 fully saturated rings. The van der Waals surface area contributed by atoms with Gasteiger partial charge in [-0.15, -0.1) is 0 Å². The van der Waals surface area contributed by atoms with Crippen LogP contribution in [0.4, 0.5) is 13.2 Å². The number of likely N-dealkylation sites (tertiary alicyclic amines) is 1. The number of rotatable bonds is 6. The second-order valence-electron chi connectivity index (χ2n) is 10.9. The Morgan fingerprint density at radius 1 is 0.977 bits per heavy atom. The van der Waals surface area contributed by atoms with Crippen LogP contribution >= 0.6 is 0 Å². The molecule has 0 aromatic heterocycles. The van der Waals surface area contributed by atoms with Crippen LogP contribution in [0.2, 0.25) is 0 Å². The van der Waals surface area contributed by atoms with Gasteiger partial charge in [0.25, 0.3) is 0 Å². The van der Waals surface area contributed by atoms with Gasteiger partial charge in [0.05, 0.1) is 6.61 Å². The van der Waals surface area contributed by atoms with E-state index >= 15 is 0 Å². The number of hydrogen-bond donors (Lipinski definition) is 3. The van der Waals surface area contributed by atoms with Gasteiger partial charge in [-0.3, -0.25) is 19.2 Å². The molecule has 0 spiro atoms. The van der Waals surface area contributed by atoms with Crippen molar-refractivity contribution < 1.29 is 37.1 Å². The fourth-order valence-electron chi connectivity index (χ4n) is 5.31. The topological polar surface area (TPSA) is 117 Å². The van der Waals surface area contributed by atoms with Crippen LogP contribution in [-0.4, -0.2) is 72.5 Å². The molecule has 0 saturated carbocycles. The molecule has 232 valence electrons. The van der Waals surface area contributed by atoms with Crippen molar-refractivity contribution in [3.8, 4) is 5.75 Å². The Hall–Kier alpha value is -4.09. The van der Waals surface area contributed by atoms with Gasteiger partial charge in [-0.05, 0) is 61.8 Å². The van der Waals surface area contributed by atoms with Crippen molar-refractivity contribution in [1.29, 1.82) is 0 Å². The number of halogens is 3. The summed E-state index contributed by atoms with van der Waals surface area (Å²) in [6.45, 7) is -0.852. The molecule has 4 rings (SSSR count). The maximum absolute atomic E-state index is 13.8. The zero-order valence-corrected chi connectivity index (χ0v) is 23.8. The Kier molecular flexibility index (Phi) is 11.0. The van der Waals surface area contributed by atoms with Gasteiger partial charge < -0.3 is 25.6 Å². The largest absolute Gasteiger partial charge is 0.494 e. The third kappa shape index (κ3) is 9.72. The number of amides is 4. The van der Waals surface area contributed by atoms with E-state index in [1.807, 2.05) is 41.7 Å². The van der Waals surface area contributed by atoms with Gasteiger partial charge in [0.1, 0.15) is 30.4 Å². The molecule has 3 atom stereocenters. The van der Waals surface area contributed by atoms with Crippen molar-refractivity contribution in [2.45, 2.75) is 75.7 Å². The van der Waals surface area contributed by atoms with Crippen LogP contribution < -0.4 is 20.7 Å². The number of carbonyl (C=O) groups is 4. The number of hydrogen-bond acceptors (Lipinski definition) is 5. The van der Waals surface area contributed by atoms with Crippen LogP contribution in [0.5, 0.6) is 5.75 Å². The van der Waals surface area contributed by atoms with Crippen LogP contribution in [0, 0.1) is 0 Å². The summed E-state index contributed by atoms with van der Waals surface area (Å²) in [7, 11) is 0. The van der Waals surface area contributed by atoms with Crippen LogP contribution in [0.3, 0.4) is 0 Å². The summed E-state index contributed by atoms with van der Waals surface area (Å²) in [5.74, 6) is -1.76. The highest BCUT2D eigenvalue weighted by Gasteiger charge is 2.36. The highest BCUT2D eigenvalue weighted by Crippen LogP contribution is 2.21. The van der Waals surface area contributed by atoms with Crippen LogP contribution in [0.15, 0.2) is 54.6 Å². The van der Waals surface area contributed by atoms with Gasteiger partial charge >= 0.3 is 6.18 Å². The Bertz CT molecular complexity index is 1270. The first-order valence-electron chi connectivity index (χ1n) is 14.6. The Labute approximate surface area is 248 Å². The first-order valence-corrected chi connectivity index (χ1v) is 14.6. The van der Waals surface area contributed by atoms with Gasteiger partial charge in [-0.2, -0.15) is 13.2 Å². The van der Waals surface area contributed by atoms with E-state index < -0.39 is 48.6 Å². The number of alkyl halides is 3. The molecule has 2 aromatic carbocycles. The quantitative estimate of drug-likeness (QED) is 0.470. The summed E-state index contributed by atoms with van der Waals surface area (Å²) in [4.78, 5) is 54.4. The summed E-state index contributed by atoms with van der Waals surface area (Å²) in [6.07, 6.45) is -1.95. The zero-order valence-electron chi connectivity index (χ0n) is 23.8. The zero-order chi connectivity index (χ0) is 30.8. The van der Waals surface area contributed by atoms with E-state index in [9.17, 15) is 32.3 Å². The molecule has 12 heteroatoms. The van der Waals surface area contributed by atoms with Gasteiger partial charge in [-0.25, -0.2) is 0 Å². The lowest BCUT2D eigenvalue weighted by molar-refractivity contribution is -0.141. The van der Waals surface area contributed by atoms with E-state index in [4.69, 9.17) is 4.74 Å². The molecular weight excluding hydrogens is 565 g/mol. The van der Waals surface area contributed by atoms with Crippen molar-refractivity contribution in [1.82, 2.24) is 20.9 Å². The number of nitrogens with one attached hydrogen (secondary N) is 3. The van der Waals surface area contributed by atoms with E-state index in [1.54, 1.807) is 18.2 Å². The summed E-state index contributed by atoms with van der Waals surface area (Å²) < 4.78 is 44.3. The van der Waals surface area contributed by atoms with Gasteiger partial charge in [0.15, 0.2) is 0 Å². The Balaban J connectivity index is 1.62. The number of benzene rings is 2. The molecule has 1 saturated heterocycles. The number of fused-ring (bicyclic) bond motifs is 2. The molecule has 2 bridgehead atoms. The van der Waals surface area contributed by atoms with Crippen molar-refractivity contribution in [2.24, 2.45) is 0 Å². The molecule has 0 radical (unpaired) electrons. The number of carbonyl (C=O) groups excluding carboxylic acids is 4. The second kappa shape index (κ2) is 14.9. The van der Waals surface area contributed by atoms with E-state index in [0.717, 1.165) is 11.1 Å². The summed E-state index contributed by atoms with van der Waals surface area (Å²) in [6, 6.07) is 13.3. The third-order valence-corrected chi connectivity index (χ3v) is 7.57. The fraction of sp³-hybridized carbons (Fsp3) is 0.484. The second-order valence-corrected chi connectivity index (χ2v) is 10.9. The van der Waals surface area contributed by atoms with E-state index in [2.05, 4.69) is 10.6 Å². The summed E-state index contributed by atoms with van der Waals surface area (Å²) in [5, 5.41) is 7.25. The molecule has 43 heavy (non-hydrogen) atoms. The Morgan fingerprint density at radius 2 is 1.77 bits per heavy atom. The molecule has 2 aliphatic rings. The molecular formula is C31H37F3N4O5. The van der Waals surface area contributed by atoms with Crippen LogP contribution in [-0.2, 0) is 32.0 Å². The lowest BCUT2D eigenvalue weighted by Gasteiger charge is -2.30. The molecule has 3 N–H and O–H groups in total. The predicted molar refractivity (Wildman–Crippen MR) is 152 cm³/mol. The lowest BCUT2D eigenvalue weighted by atomic mass is 10.0. The SMILES string of the molecule is O=C(NCC(F)(F)F)C1CCCCOc2cccc(c2)C[C@H](N2CCCC2=O)C(=O)N[C@@H](CCc2ccccc2)C(=O)N1. The van der Waals surface area contributed by atoms with E-state index in [1.165, 1.54) is 4.90 Å². The molecule has 2 heterocycles. The van der Waals surface area contributed by atoms with Crippen molar-refractivity contribution in [3.05, 3.63) is 65.7 Å². The maximum Gasteiger partial charge on any atom is 0.405 e. The number of nitrogens with zero attached hydrogens (tertiary/aromatic N) is 1. The minimum absolute atomic E-state index is 0.0725. The number of aryl methyl sites for hydroxylation is 1. The Morgan fingerprint density at radius 3 is 2.49 bits per heavy atom. The maximum atomic E-state index is 13.8. The van der Waals surface area contributed by atoms with E-state index in [0.29, 0.717) is 44.4 Å². The molecule has 9 nitrogen and oxygen atoms in total. The smallest absolute Gasteiger partial charge is 0.405 e. The predicted octanol–water partition coefficient (Wildman–Crippen LogP) is 3.06. The molecule has 1 unspecified atom stereocenters. The molecule has 0 aliphatic carbocycles. The lowest BCUT2D eigenvalue weighted by Crippen LogP contribution is -2.57. The monoisotopic (exact) mass is 602 g/mol. The van der Waals surface area contributed by atoms with Gasteiger partial charge in [0.2, 0.25) is 23.6 Å². The van der Waals surface area contributed by atoms with Crippen LogP contribution in [0.1, 0.15) is 49.7 Å². The van der Waals surface area contributed by atoms with Crippen molar-refractivity contribution in [3.63, 3.8) is 0 Å². The normalized spacial score (nSPS) is 22.3. The van der Waals surface area contributed by atoms with Crippen LogP contribution in [0.25, 0.3) is 0 Å². The third-order valence-electron chi connectivity index (χ3n) is 7.57. The minimum Gasteiger partial charge on any atom is -0.494 e. The van der Waals surface area contributed by atoms with Crippen molar-refractivity contribution >= 4 is 23.6 Å². The fourth-order valence-corrected chi connectivity index (χ4v) is 5.31. The molecule has 2 aliphatic heterocycles. The number of ether oxygens (including phenoxy) is 1. The first-order chi connectivity index (χ1) is 20.6. The highest BCUT2D eigenvalue weighted by molar-refractivity contribution is 5.94. The average molecular weight is 603 g/mol. The average Bonchev–Trinajstić information content (AvgIpc) is 3.40. The first kappa shape index (κ1) is 31.8. The minimum atomic E-state index is -4.62. The van der Waals surface area contributed by atoms with Crippen molar-refractivity contribution in [2.75, 3.05) is 19.7 Å². The highest BCUT2D eigenvalue weighted by atomic mass is 19.4. The standard InChI is InChI=1S/C31H37F3N4O5/c32-31(33,34)20-35-28(40)24-12-4-5-17-43-23-11-6-10-22(18-23)19-26(38-16-7-13-27(38)39)30(42)37-25(29(41)36-24)15-14-21-8-2-1-3-9-21/h1-3,6,8-11,18,24-26H,4-5,7,12-17,19-20H2,(H,35,40)(H,36,41)(H,37,42)/t24?,25-,26-/m0/s1. The summed E-state index contributed by atoms with van der Waals surface area (Å²) >= 11 is 0. The van der Waals surface area contributed by atoms with Gasteiger partial charge in [0, 0.05) is 19.4 Å². The summed E-state index contributed by atoms with van der Waals surface area (Å²) in [5.41, 5.74) is 1.70.